The van der Waals surface area contributed by atoms with Crippen molar-refractivity contribution in [3.63, 3.8) is 0 Å². The molecule has 0 unspecified atom stereocenters. The molecule has 0 saturated carbocycles. The largest absolute Gasteiger partial charge is 0.521 e. The average molecular weight is 280 g/mol. The molecule has 7 nitrogen and oxygen atoms in total. The molecule has 0 heterocycles. The van der Waals surface area contributed by atoms with Crippen molar-refractivity contribution in [3.05, 3.63) is 0 Å². The maximum absolute atomic E-state index is 11.5. The number of hydrogen-bond acceptors (Lipinski definition) is 6. The van der Waals surface area contributed by atoms with Gasteiger partial charge in [-0.1, -0.05) is 0 Å². The summed E-state index contributed by atoms with van der Waals surface area (Å²) in [6, 6.07) is 0. The maximum Gasteiger partial charge on any atom is 0.521 e. The first-order valence-electron chi connectivity index (χ1n) is 6.16. The van der Waals surface area contributed by atoms with Crippen LogP contribution in [-0.4, -0.2) is 52.3 Å². The summed E-state index contributed by atoms with van der Waals surface area (Å²) in [6.45, 7) is 9.22. The molecule has 1 amide bonds. The molecule has 18 heavy (non-hydrogen) atoms. The van der Waals surface area contributed by atoms with Gasteiger partial charge in [-0.2, -0.15) is 5.90 Å². The number of carbonyl (C=O) groups excluding carboxylic acids is 1. The summed E-state index contributed by atoms with van der Waals surface area (Å²) in [5, 5.41) is 0. The van der Waals surface area contributed by atoms with Crippen LogP contribution in [0.4, 0.5) is 4.79 Å². The van der Waals surface area contributed by atoms with E-state index in [4.69, 9.17) is 19.2 Å². The lowest BCUT2D eigenvalue weighted by atomic mass is 10.7. The van der Waals surface area contributed by atoms with Crippen molar-refractivity contribution < 1.29 is 22.9 Å². The van der Waals surface area contributed by atoms with E-state index in [-0.39, 0.29) is 6.17 Å². The fourth-order valence-electron chi connectivity index (χ4n) is 1.54. The van der Waals surface area contributed by atoms with Crippen LogP contribution >= 0.6 is 0 Å². The Morgan fingerprint density at radius 2 is 1.50 bits per heavy atom. The lowest BCUT2D eigenvalue weighted by Crippen LogP contribution is -2.56. The normalized spacial score (nSPS) is 11.4. The van der Waals surface area contributed by atoms with Gasteiger partial charge in [0.15, 0.2) is 0 Å². The van der Waals surface area contributed by atoms with Crippen molar-refractivity contribution in [2.24, 2.45) is 5.90 Å². The highest BCUT2D eigenvalue weighted by Crippen LogP contribution is 2.13. The number of hydrogen-bond donors (Lipinski definition) is 1. The zero-order valence-electron chi connectivity index (χ0n) is 11.6. The summed E-state index contributed by atoms with van der Waals surface area (Å²) in [4.78, 5) is 17.1. The molecule has 0 aromatic rings. The molecule has 0 aliphatic rings. The molecule has 108 valence electrons. The van der Waals surface area contributed by atoms with E-state index >= 15 is 0 Å². The Balaban J connectivity index is 4.85. The van der Waals surface area contributed by atoms with E-state index in [1.54, 1.807) is 0 Å². The first kappa shape index (κ1) is 17.3. The van der Waals surface area contributed by atoms with E-state index in [0.29, 0.717) is 26.4 Å². The SMILES string of the molecule is CCO[Si](CN(CC)C(=O)ON)(OCC)OCC. The van der Waals surface area contributed by atoms with Crippen LogP contribution < -0.4 is 5.90 Å². The number of amides is 1. The van der Waals surface area contributed by atoms with Crippen molar-refractivity contribution in [1.82, 2.24) is 4.90 Å². The lowest BCUT2D eigenvalue weighted by molar-refractivity contribution is 0.0509. The summed E-state index contributed by atoms with van der Waals surface area (Å²) < 4.78 is 16.9. The average Bonchev–Trinajstić information content (AvgIpc) is 2.36. The minimum Gasteiger partial charge on any atom is -0.373 e. The molecular formula is C10H24N2O5Si. The second-order valence-electron chi connectivity index (χ2n) is 3.38. The topological polar surface area (TPSA) is 83.2 Å². The van der Waals surface area contributed by atoms with E-state index in [1.165, 1.54) is 4.90 Å². The van der Waals surface area contributed by atoms with Gasteiger partial charge in [-0.3, -0.25) is 0 Å². The molecular weight excluding hydrogens is 256 g/mol. The van der Waals surface area contributed by atoms with Gasteiger partial charge in [-0.15, -0.1) is 0 Å². The van der Waals surface area contributed by atoms with Crippen molar-refractivity contribution in [2.45, 2.75) is 27.7 Å². The number of rotatable bonds is 9. The fourth-order valence-corrected chi connectivity index (χ4v) is 4.20. The fraction of sp³-hybridized carbons (Fsp3) is 0.900. The highest BCUT2D eigenvalue weighted by atomic mass is 28.4. The molecule has 0 aromatic carbocycles. The number of carbonyl (C=O) groups is 1. The highest BCUT2D eigenvalue weighted by molar-refractivity contribution is 6.61. The zero-order valence-corrected chi connectivity index (χ0v) is 12.6. The van der Waals surface area contributed by atoms with E-state index in [1.807, 2.05) is 27.7 Å². The molecule has 0 atom stereocenters. The van der Waals surface area contributed by atoms with Crippen LogP contribution in [0.1, 0.15) is 27.7 Å². The van der Waals surface area contributed by atoms with Gasteiger partial charge >= 0.3 is 14.9 Å². The predicted octanol–water partition coefficient (Wildman–Crippen LogP) is 0.906. The van der Waals surface area contributed by atoms with E-state index in [2.05, 4.69) is 4.84 Å². The van der Waals surface area contributed by atoms with Gasteiger partial charge < -0.3 is 23.0 Å². The Kier molecular flexibility index (Phi) is 8.94. The van der Waals surface area contributed by atoms with Crippen molar-refractivity contribution in [2.75, 3.05) is 32.5 Å². The quantitative estimate of drug-likeness (QED) is 0.499. The monoisotopic (exact) mass is 280 g/mol. The van der Waals surface area contributed by atoms with Crippen LogP contribution in [0, 0.1) is 0 Å². The molecule has 0 saturated heterocycles. The smallest absolute Gasteiger partial charge is 0.373 e. The molecule has 0 aliphatic carbocycles. The minimum atomic E-state index is -2.89. The summed E-state index contributed by atoms with van der Waals surface area (Å²) >= 11 is 0. The van der Waals surface area contributed by atoms with Gasteiger partial charge in [-0.05, 0) is 27.7 Å². The Morgan fingerprint density at radius 1 is 1.06 bits per heavy atom. The van der Waals surface area contributed by atoms with E-state index in [9.17, 15) is 4.79 Å². The predicted molar refractivity (Wildman–Crippen MR) is 68.5 cm³/mol. The number of nitrogens with zero attached hydrogens (tertiary/aromatic N) is 1. The molecule has 0 rings (SSSR count). The molecule has 0 radical (unpaired) electrons. The van der Waals surface area contributed by atoms with Crippen LogP contribution in [0.2, 0.25) is 0 Å². The van der Waals surface area contributed by atoms with Crippen molar-refractivity contribution >= 4 is 14.9 Å². The zero-order chi connectivity index (χ0) is 14.0. The maximum atomic E-state index is 11.5. The Morgan fingerprint density at radius 3 is 1.78 bits per heavy atom. The van der Waals surface area contributed by atoms with Gasteiger partial charge in [-0.25, -0.2) is 4.79 Å². The first-order chi connectivity index (χ1) is 8.59. The van der Waals surface area contributed by atoms with Gasteiger partial charge in [0.1, 0.15) is 0 Å². The van der Waals surface area contributed by atoms with Gasteiger partial charge in [0.25, 0.3) is 0 Å². The molecule has 0 spiro atoms. The third-order valence-electron chi connectivity index (χ3n) is 2.22. The van der Waals surface area contributed by atoms with Crippen molar-refractivity contribution in [1.29, 1.82) is 0 Å². The Bertz CT molecular complexity index is 225. The van der Waals surface area contributed by atoms with Crippen LogP contribution in [0.3, 0.4) is 0 Å². The Labute approximate surface area is 109 Å². The molecule has 0 aromatic heterocycles. The summed E-state index contributed by atoms with van der Waals surface area (Å²) in [5.74, 6) is 4.89. The van der Waals surface area contributed by atoms with Gasteiger partial charge in [0, 0.05) is 26.4 Å². The molecule has 0 aliphatic heterocycles. The van der Waals surface area contributed by atoms with Crippen LogP contribution in [0.15, 0.2) is 0 Å². The first-order valence-corrected chi connectivity index (χ1v) is 8.09. The van der Waals surface area contributed by atoms with Gasteiger partial charge in [0.2, 0.25) is 0 Å². The summed E-state index contributed by atoms with van der Waals surface area (Å²) in [5.41, 5.74) is 0. The van der Waals surface area contributed by atoms with E-state index < -0.39 is 14.9 Å². The molecule has 2 N–H and O–H groups in total. The lowest BCUT2D eigenvalue weighted by Gasteiger charge is -2.32. The number of nitrogens with two attached hydrogens (primary N) is 1. The third kappa shape index (κ3) is 5.32. The standard InChI is InChI=1S/C10H24N2O5Si/c1-5-12(10(13)17-11)9-18(14-6-2,15-7-3)16-8-4/h5-9,11H2,1-4H3. The van der Waals surface area contributed by atoms with E-state index in [0.717, 1.165) is 0 Å². The minimum absolute atomic E-state index is 0.231. The van der Waals surface area contributed by atoms with Crippen molar-refractivity contribution in [3.8, 4) is 0 Å². The Hall–Kier alpha value is -0.673. The molecule has 0 fully saturated rings. The second kappa shape index (κ2) is 9.28. The summed E-state index contributed by atoms with van der Waals surface area (Å²) in [7, 11) is -2.89. The van der Waals surface area contributed by atoms with Crippen LogP contribution in [-0.2, 0) is 18.1 Å². The van der Waals surface area contributed by atoms with Crippen LogP contribution in [0.25, 0.3) is 0 Å². The third-order valence-corrected chi connectivity index (χ3v) is 5.17. The highest BCUT2D eigenvalue weighted by Gasteiger charge is 2.43. The van der Waals surface area contributed by atoms with Crippen LogP contribution in [0.5, 0.6) is 0 Å². The van der Waals surface area contributed by atoms with Gasteiger partial charge in [0.05, 0.1) is 6.17 Å². The summed E-state index contributed by atoms with van der Waals surface area (Å²) in [6.07, 6.45) is -0.386. The molecule has 8 heteroatoms. The molecule has 0 bridgehead atoms. The second-order valence-corrected chi connectivity index (χ2v) is 5.93.